The molecule has 0 saturated heterocycles. The maximum Gasteiger partial charge on any atom is 0.168 e. The molecule has 2 aromatic rings. The number of hydrogen-bond acceptors (Lipinski definition) is 4. The second-order valence-electron chi connectivity index (χ2n) is 4.95. The average Bonchev–Trinajstić information content (AvgIpc) is 3.02. The van der Waals surface area contributed by atoms with E-state index in [2.05, 4.69) is 35.9 Å². The van der Waals surface area contributed by atoms with Crippen molar-refractivity contribution in [3.8, 4) is 0 Å². The average molecular weight is 270 g/mol. The van der Waals surface area contributed by atoms with E-state index in [0.29, 0.717) is 0 Å². The number of allylic oxidation sites excluding steroid dienone is 1. The van der Waals surface area contributed by atoms with Crippen LogP contribution in [0.15, 0.2) is 38.8 Å². The van der Waals surface area contributed by atoms with Crippen LogP contribution in [0.5, 0.6) is 0 Å². The number of benzene rings is 1. The summed E-state index contributed by atoms with van der Waals surface area (Å²) in [6.07, 6.45) is 1.76. The van der Waals surface area contributed by atoms with Gasteiger partial charge in [0.2, 0.25) is 0 Å². The summed E-state index contributed by atoms with van der Waals surface area (Å²) in [4.78, 5) is 8.21. The second-order valence-corrected chi connectivity index (χ2v) is 6.14. The first-order valence-electron chi connectivity index (χ1n) is 6.43. The molecule has 19 heavy (non-hydrogen) atoms. The van der Waals surface area contributed by atoms with Gasteiger partial charge < -0.3 is 9.32 Å². The summed E-state index contributed by atoms with van der Waals surface area (Å²) in [6, 6.07) is 6.46. The summed E-state index contributed by atoms with van der Waals surface area (Å²) in [6.45, 7) is 6.19. The Hall–Kier alpha value is -1.68. The predicted molar refractivity (Wildman–Crippen MR) is 80.1 cm³/mol. The molecule has 3 heterocycles. The van der Waals surface area contributed by atoms with Gasteiger partial charge in [-0.2, -0.15) is 0 Å². The Balaban J connectivity index is 1.90. The van der Waals surface area contributed by atoms with Gasteiger partial charge in [0.05, 0.1) is 18.5 Å². The van der Waals surface area contributed by atoms with E-state index in [9.17, 15) is 0 Å². The van der Waals surface area contributed by atoms with Gasteiger partial charge >= 0.3 is 0 Å². The molecule has 2 aliphatic heterocycles. The van der Waals surface area contributed by atoms with E-state index in [1.165, 1.54) is 27.1 Å². The number of rotatable bonds is 1. The van der Waals surface area contributed by atoms with Gasteiger partial charge in [-0.15, -0.1) is 0 Å². The van der Waals surface area contributed by atoms with Crippen LogP contribution in [0, 0.1) is 6.92 Å². The fourth-order valence-electron chi connectivity index (χ4n) is 2.85. The highest BCUT2D eigenvalue weighted by molar-refractivity contribution is 8.17. The zero-order chi connectivity index (χ0) is 13.0. The van der Waals surface area contributed by atoms with Gasteiger partial charge in [0, 0.05) is 22.4 Å². The number of thioether (sulfide) groups is 1. The summed E-state index contributed by atoms with van der Waals surface area (Å²) in [5, 5.41) is 2.32. The summed E-state index contributed by atoms with van der Waals surface area (Å²) in [5.41, 5.74) is 4.76. The number of furan rings is 1. The van der Waals surface area contributed by atoms with Crippen molar-refractivity contribution in [2.75, 3.05) is 13.1 Å². The maximum atomic E-state index is 5.52. The third-order valence-electron chi connectivity index (χ3n) is 3.66. The fraction of sp³-hybridized carbons (Fsp3) is 0.267. The first-order chi connectivity index (χ1) is 9.24. The van der Waals surface area contributed by atoms with Crippen LogP contribution < -0.4 is 0 Å². The van der Waals surface area contributed by atoms with Crippen LogP contribution in [0.3, 0.4) is 0 Å². The Morgan fingerprint density at radius 1 is 1.32 bits per heavy atom. The number of hydrogen-bond donors (Lipinski definition) is 0. The Kier molecular flexibility index (Phi) is 2.30. The lowest BCUT2D eigenvalue weighted by Gasteiger charge is -2.17. The fourth-order valence-corrected chi connectivity index (χ4v) is 3.90. The van der Waals surface area contributed by atoms with Gasteiger partial charge in [-0.3, -0.25) is 4.99 Å². The molecule has 0 spiro atoms. The first-order valence-corrected chi connectivity index (χ1v) is 7.24. The third-order valence-corrected chi connectivity index (χ3v) is 4.69. The van der Waals surface area contributed by atoms with Crippen molar-refractivity contribution in [1.29, 1.82) is 0 Å². The van der Waals surface area contributed by atoms with Gasteiger partial charge in [0.25, 0.3) is 0 Å². The molecule has 0 radical (unpaired) electrons. The van der Waals surface area contributed by atoms with Crippen LogP contribution in [0.25, 0.3) is 16.7 Å². The number of amidine groups is 1. The van der Waals surface area contributed by atoms with E-state index in [0.717, 1.165) is 23.8 Å². The van der Waals surface area contributed by atoms with Crippen LogP contribution in [0.4, 0.5) is 0 Å². The van der Waals surface area contributed by atoms with Crippen LogP contribution >= 0.6 is 11.8 Å². The van der Waals surface area contributed by atoms with Gasteiger partial charge in [-0.1, -0.05) is 11.8 Å². The Morgan fingerprint density at radius 3 is 3.11 bits per heavy atom. The van der Waals surface area contributed by atoms with Crippen molar-refractivity contribution in [2.24, 2.45) is 4.99 Å². The first kappa shape index (κ1) is 11.2. The molecule has 0 aliphatic carbocycles. The quantitative estimate of drug-likeness (QED) is 0.788. The van der Waals surface area contributed by atoms with Crippen molar-refractivity contribution in [3.05, 3.63) is 40.5 Å². The molecule has 4 rings (SSSR count). The zero-order valence-corrected chi connectivity index (χ0v) is 11.8. The largest absolute Gasteiger partial charge is 0.464 e. The molecule has 0 amide bonds. The van der Waals surface area contributed by atoms with Crippen LogP contribution in [0.1, 0.15) is 18.1 Å². The Labute approximate surface area is 116 Å². The molecule has 1 aromatic carbocycles. The smallest absolute Gasteiger partial charge is 0.168 e. The molecule has 0 fully saturated rings. The summed E-state index contributed by atoms with van der Waals surface area (Å²) in [7, 11) is 0. The zero-order valence-electron chi connectivity index (χ0n) is 10.9. The lowest BCUT2D eigenvalue weighted by atomic mass is 10.0. The predicted octanol–water partition coefficient (Wildman–Crippen LogP) is 3.85. The number of aliphatic imine (C=N–C) groups is 1. The minimum atomic E-state index is 0.909. The highest BCUT2D eigenvalue weighted by Crippen LogP contribution is 2.42. The summed E-state index contributed by atoms with van der Waals surface area (Å²) in [5.74, 6) is 0. The van der Waals surface area contributed by atoms with E-state index < -0.39 is 0 Å². The van der Waals surface area contributed by atoms with E-state index in [-0.39, 0.29) is 0 Å². The molecule has 4 heteroatoms. The van der Waals surface area contributed by atoms with E-state index in [1.807, 2.05) is 6.07 Å². The van der Waals surface area contributed by atoms with Gasteiger partial charge in [0.15, 0.2) is 5.17 Å². The van der Waals surface area contributed by atoms with Gasteiger partial charge in [-0.05, 0) is 37.6 Å². The molecular weight excluding hydrogens is 256 g/mol. The molecule has 96 valence electrons. The van der Waals surface area contributed by atoms with Crippen molar-refractivity contribution in [3.63, 3.8) is 0 Å². The lowest BCUT2D eigenvalue weighted by molar-refractivity contribution is 0.613. The van der Waals surface area contributed by atoms with Gasteiger partial charge in [0.1, 0.15) is 5.58 Å². The molecule has 0 saturated carbocycles. The summed E-state index contributed by atoms with van der Waals surface area (Å²) < 4.78 is 5.52. The lowest BCUT2D eigenvalue weighted by Crippen LogP contribution is -2.20. The van der Waals surface area contributed by atoms with Crippen LogP contribution in [0.2, 0.25) is 0 Å². The Morgan fingerprint density at radius 2 is 2.21 bits per heavy atom. The standard InChI is InChI=1S/C15H14N2OS/c1-9-7-12(8-11-3-6-18-14(9)11)13-10(2)19-15-16-4-5-17(13)15/h3,6-8H,4-5H2,1-2H3. The maximum absolute atomic E-state index is 5.52. The van der Waals surface area contributed by atoms with E-state index >= 15 is 0 Å². The topological polar surface area (TPSA) is 28.7 Å². The third kappa shape index (κ3) is 1.56. The molecule has 2 aliphatic rings. The SMILES string of the molecule is CC1=C(c2cc(C)c3occc3c2)N2CCN=C2S1. The van der Waals surface area contributed by atoms with E-state index in [4.69, 9.17) is 4.42 Å². The normalized spacial score (nSPS) is 18.4. The minimum absolute atomic E-state index is 0.909. The molecule has 1 aromatic heterocycles. The van der Waals surface area contributed by atoms with E-state index in [1.54, 1.807) is 18.0 Å². The highest BCUT2D eigenvalue weighted by atomic mass is 32.2. The number of aryl methyl sites for hydroxylation is 1. The highest BCUT2D eigenvalue weighted by Gasteiger charge is 2.31. The molecule has 3 nitrogen and oxygen atoms in total. The van der Waals surface area contributed by atoms with Crippen molar-refractivity contribution < 1.29 is 4.42 Å². The summed E-state index contributed by atoms with van der Waals surface area (Å²) >= 11 is 1.78. The molecular formula is C15H14N2OS. The molecule has 0 unspecified atom stereocenters. The van der Waals surface area contributed by atoms with Crippen molar-refractivity contribution in [2.45, 2.75) is 13.8 Å². The molecule has 0 atom stereocenters. The van der Waals surface area contributed by atoms with Crippen LogP contribution in [-0.2, 0) is 0 Å². The number of fused-ring (bicyclic) bond motifs is 2. The second kappa shape index (κ2) is 3.90. The molecule has 0 bridgehead atoms. The Bertz CT molecular complexity index is 742. The van der Waals surface area contributed by atoms with Crippen LogP contribution in [-0.4, -0.2) is 23.2 Å². The van der Waals surface area contributed by atoms with Crippen molar-refractivity contribution >= 4 is 33.6 Å². The van der Waals surface area contributed by atoms with Crippen molar-refractivity contribution in [1.82, 2.24) is 4.90 Å². The van der Waals surface area contributed by atoms with Gasteiger partial charge in [-0.25, -0.2) is 0 Å². The molecule has 0 N–H and O–H groups in total. The number of nitrogens with zero attached hydrogens (tertiary/aromatic N) is 2. The minimum Gasteiger partial charge on any atom is -0.464 e. The monoisotopic (exact) mass is 270 g/mol.